The number of benzene rings is 2. The summed E-state index contributed by atoms with van der Waals surface area (Å²) in [6, 6.07) is 7.00. The smallest absolute Gasteiger partial charge is 0.744 e. The molecule has 2 rings (SSSR count). The maximum absolute atomic E-state index is 12.4. The summed E-state index contributed by atoms with van der Waals surface area (Å²) in [5, 5.41) is 16.6. The van der Waals surface area contributed by atoms with Gasteiger partial charge in [-0.1, -0.05) is 6.07 Å². The molecule has 2 aromatic rings. The van der Waals surface area contributed by atoms with E-state index in [1.165, 1.54) is 32.4 Å². The first-order valence-corrected chi connectivity index (χ1v) is 11.5. The molecule has 0 saturated carbocycles. The third-order valence-electron chi connectivity index (χ3n) is 4.15. The summed E-state index contributed by atoms with van der Waals surface area (Å²) in [6.07, 6.45) is 1.32. The number of aryl methyl sites for hydroxylation is 1. The minimum Gasteiger partial charge on any atom is -0.744 e. The van der Waals surface area contributed by atoms with E-state index in [1.54, 1.807) is 19.9 Å². The van der Waals surface area contributed by atoms with Crippen LogP contribution in [-0.2, 0) is 20.1 Å². The minimum atomic E-state index is -4.90. The van der Waals surface area contributed by atoms with Gasteiger partial charge < -0.3 is 14.5 Å². The van der Waals surface area contributed by atoms with Gasteiger partial charge in [-0.05, 0) is 49.7 Å². The molecule has 0 aromatic heterocycles. The molecule has 0 fully saturated rings. The number of aromatic carboxylic acids is 1. The van der Waals surface area contributed by atoms with Crippen LogP contribution in [0.1, 0.15) is 22.8 Å². The number of hydrazone groups is 1. The number of rotatable bonds is 8. The molecule has 15 heteroatoms. The van der Waals surface area contributed by atoms with Gasteiger partial charge in [0.15, 0.2) is 0 Å². The second kappa shape index (κ2) is 12.6. The Labute approximate surface area is 237 Å². The molecular weight excluding hydrogens is 494 g/mol. The van der Waals surface area contributed by atoms with Crippen molar-refractivity contribution in [2.24, 2.45) is 5.10 Å². The molecule has 168 valence electrons. The number of carboxylic acids is 1. The molecule has 33 heavy (non-hydrogen) atoms. The molecule has 0 heterocycles. The van der Waals surface area contributed by atoms with Gasteiger partial charge in [0.05, 0.1) is 27.1 Å². The molecule has 0 aliphatic carbocycles. The summed E-state index contributed by atoms with van der Waals surface area (Å²) in [5.74, 6) is -1.74. The fourth-order valence-corrected chi connectivity index (χ4v) is 3.92. The van der Waals surface area contributed by atoms with Crippen LogP contribution in [0.25, 0.3) is 0 Å². The number of carbonyl (C=O) groups excluding carboxylic acids is 1. The van der Waals surface area contributed by atoms with Crippen LogP contribution in [0.5, 0.6) is 0 Å². The molecule has 0 unspecified atom stereocenters. The van der Waals surface area contributed by atoms with Gasteiger partial charge in [0, 0.05) is 25.9 Å². The maximum atomic E-state index is 12.4. The number of anilines is 2. The van der Waals surface area contributed by atoms with Crippen molar-refractivity contribution in [3.05, 3.63) is 47.5 Å². The van der Waals surface area contributed by atoms with Gasteiger partial charge in [-0.3, -0.25) is 5.43 Å². The van der Waals surface area contributed by atoms with Crippen LogP contribution in [0.15, 0.2) is 51.3 Å². The van der Waals surface area contributed by atoms with Gasteiger partial charge in [-0.15, -0.1) is 0 Å². The molecule has 2 aromatic carbocycles. The number of hydrogen-bond acceptors (Lipinski definition) is 10. The average molecular weight is 514 g/mol. The van der Waals surface area contributed by atoms with E-state index in [0.29, 0.717) is 17.3 Å². The molecule has 11 nitrogen and oxygen atoms in total. The van der Waals surface area contributed by atoms with Crippen molar-refractivity contribution in [1.29, 1.82) is 0 Å². The normalized spacial score (nSPS) is 11.6. The van der Waals surface area contributed by atoms with Crippen molar-refractivity contribution in [3.8, 4) is 0 Å². The summed E-state index contributed by atoms with van der Waals surface area (Å²) < 4.78 is 59.7. The topological polar surface area (TPSA) is 162 Å². The second-order valence-electron chi connectivity index (χ2n) is 6.48. The number of nitrogens with zero attached hydrogens (tertiary/aromatic N) is 3. The number of hydrogen-bond donors (Lipinski definition) is 1. The fraction of sp³-hybridized carbons (Fsp3) is 0.222. The van der Waals surface area contributed by atoms with Crippen molar-refractivity contribution in [2.45, 2.75) is 23.6 Å². The standard InChI is InChI=1S/C18H22N4O7S2.2Na/c1-5-19-22(17-9-8-14(31(27,28)29)10-15(17)18(23)24)20-16-11-13(7-6-12(16)2)30(25,26)21(3)4;;/h5-11,20H,1-4H3,(H,23,24)(H,27,28,29);;/q;2*+1/p-2. The van der Waals surface area contributed by atoms with Crippen LogP contribution in [-0.4, -0.2) is 52.0 Å². The SMILES string of the molecule is CC=NN(Nc1cc(S(=O)(=O)N(C)C)ccc1C)c1ccc(S(=O)(=O)[O-])cc1C(=O)[O-].[Na+].[Na+]. The first-order valence-electron chi connectivity index (χ1n) is 8.69. The van der Waals surface area contributed by atoms with E-state index in [-0.39, 0.29) is 69.7 Å². The Hall–Kier alpha value is -1.000. The third kappa shape index (κ3) is 7.75. The van der Waals surface area contributed by atoms with Crippen molar-refractivity contribution in [1.82, 2.24) is 4.31 Å². The summed E-state index contributed by atoms with van der Waals surface area (Å²) in [7, 11) is -5.88. The molecule has 0 aliphatic heterocycles. The minimum absolute atomic E-state index is 0. The first kappa shape index (κ1) is 32.0. The van der Waals surface area contributed by atoms with E-state index >= 15 is 0 Å². The largest absolute Gasteiger partial charge is 1.00 e. The van der Waals surface area contributed by atoms with E-state index in [0.717, 1.165) is 21.6 Å². The van der Waals surface area contributed by atoms with Gasteiger partial charge >= 0.3 is 59.1 Å². The van der Waals surface area contributed by atoms with E-state index in [1.807, 2.05) is 0 Å². The zero-order valence-electron chi connectivity index (χ0n) is 19.1. The van der Waals surface area contributed by atoms with E-state index in [4.69, 9.17) is 0 Å². The summed E-state index contributed by atoms with van der Waals surface area (Å²) in [4.78, 5) is 10.8. The molecular formula is C18H20N4Na2O7S2. The van der Waals surface area contributed by atoms with Crippen molar-refractivity contribution in [3.63, 3.8) is 0 Å². The van der Waals surface area contributed by atoms with Crippen molar-refractivity contribution >= 4 is 43.7 Å². The second-order valence-corrected chi connectivity index (χ2v) is 10.0. The molecule has 0 radical (unpaired) electrons. The fourth-order valence-electron chi connectivity index (χ4n) is 2.49. The molecule has 0 amide bonds. The number of carboxylic acid groups (broad SMARTS) is 1. The Morgan fingerprint density at radius 2 is 1.61 bits per heavy atom. The number of hydrazine groups is 1. The van der Waals surface area contributed by atoms with E-state index < -0.39 is 36.6 Å². The van der Waals surface area contributed by atoms with Gasteiger partial charge in [-0.25, -0.2) is 21.1 Å². The van der Waals surface area contributed by atoms with Gasteiger partial charge in [0.1, 0.15) is 10.1 Å². The van der Waals surface area contributed by atoms with Crippen LogP contribution in [0.3, 0.4) is 0 Å². The quantitative estimate of drug-likeness (QED) is 0.157. The zero-order valence-corrected chi connectivity index (χ0v) is 24.7. The van der Waals surface area contributed by atoms with Gasteiger partial charge in [-0.2, -0.15) is 10.2 Å². The van der Waals surface area contributed by atoms with Crippen LogP contribution in [0, 0.1) is 6.92 Å². The zero-order chi connectivity index (χ0) is 23.6. The van der Waals surface area contributed by atoms with Crippen LogP contribution >= 0.6 is 0 Å². The van der Waals surface area contributed by atoms with Crippen molar-refractivity contribution in [2.75, 3.05) is 24.6 Å². The third-order valence-corrected chi connectivity index (χ3v) is 6.79. The summed E-state index contributed by atoms with van der Waals surface area (Å²) in [6.45, 7) is 3.23. The molecule has 0 saturated heterocycles. The summed E-state index contributed by atoms with van der Waals surface area (Å²) >= 11 is 0. The molecule has 0 aliphatic rings. The predicted octanol–water partition coefficient (Wildman–Crippen LogP) is -5.64. The Morgan fingerprint density at radius 3 is 2.09 bits per heavy atom. The Kier molecular flexibility index (Phi) is 12.2. The van der Waals surface area contributed by atoms with E-state index in [9.17, 15) is 31.3 Å². The van der Waals surface area contributed by atoms with Crippen LogP contribution in [0.4, 0.5) is 11.4 Å². The molecule has 0 atom stereocenters. The molecule has 0 spiro atoms. The number of sulfonamides is 1. The van der Waals surface area contributed by atoms with E-state index in [2.05, 4.69) is 10.5 Å². The number of nitrogens with one attached hydrogen (secondary N) is 1. The van der Waals surface area contributed by atoms with Gasteiger partial charge in [0.25, 0.3) is 0 Å². The molecule has 0 bridgehead atoms. The van der Waals surface area contributed by atoms with Crippen LogP contribution < -0.4 is 74.8 Å². The van der Waals surface area contributed by atoms with Crippen molar-refractivity contribution < 1.29 is 90.4 Å². The van der Waals surface area contributed by atoms with Crippen LogP contribution in [0.2, 0.25) is 0 Å². The summed E-state index contributed by atoms with van der Waals surface area (Å²) in [5.41, 5.74) is 2.97. The number of carbonyl (C=O) groups is 1. The maximum Gasteiger partial charge on any atom is 1.00 e. The monoisotopic (exact) mass is 514 g/mol. The Morgan fingerprint density at radius 1 is 1.03 bits per heavy atom. The Balaban J connectivity index is 0.00000512. The first-order chi connectivity index (χ1) is 14.3. The Bertz CT molecular complexity index is 1250. The average Bonchev–Trinajstić information content (AvgIpc) is 2.67. The van der Waals surface area contributed by atoms with Gasteiger partial charge in [0.2, 0.25) is 10.0 Å². The predicted molar refractivity (Wildman–Crippen MR) is 111 cm³/mol. The molecule has 1 N–H and O–H groups in total.